The summed E-state index contributed by atoms with van der Waals surface area (Å²) in [4.78, 5) is 12.8. The molecule has 0 saturated carbocycles. The van der Waals surface area contributed by atoms with E-state index in [2.05, 4.69) is 0 Å². The van der Waals surface area contributed by atoms with Crippen molar-refractivity contribution >= 4 is 17.5 Å². The molecular weight excluding hydrogens is 212 g/mol. The van der Waals surface area contributed by atoms with Crippen molar-refractivity contribution in [2.75, 3.05) is 7.05 Å². The van der Waals surface area contributed by atoms with E-state index < -0.39 is 0 Å². The number of nitriles is 1. The third-order valence-electron chi connectivity index (χ3n) is 1.96. The molecule has 0 bridgehead atoms. The van der Waals surface area contributed by atoms with Gasteiger partial charge in [-0.25, -0.2) is 0 Å². The minimum Gasteiger partial charge on any atom is -0.341 e. The summed E-state index contributed by atoms with van der Waals surface area (Å²) >= 11 is 5.81. The Labute approximate surface area is 93.9 Å². The molecule has 0 N–H and O–H groups in total. The Kier molecular flexibility index (Phi) is 4.14. The number of hydrogen-bond donors (Lipinski definition) is 0. The summed E-state index contributed by atoms with van der Waals surface area (Å²) in [5.74, 6) is -0.183. The normalized spacial score (nSPS) is 9.40. The minimum absolute atomic E-state index is 0.0862. The lowest BCUT2D eigenvalue weighted by Crippen LogP contribution is -2.25. The van der Waals surface area contributed by atoms with E-state index in [4.69, 9.17) is 16.9 Å². The van der Waals surface area contributed by atoms with Gasteiger partial charge in [-0.2, -0.15) is 5.26 Å². The number of carbonyl (C=O) groups is 1. The first kappa shape index (κ1) is 11.5. The van der Waals surface area contributed by atoms with Crippen molar-refractivity contribution in [1.29, 1.82) is 5.26 Å². The molecule has 0 radical (unpaired) electrons. The molecule has 0 spiro atoms. The lowest BCUT2D eigenvalue weighted by molar-refractivity contribution is -0.129. The van der Waals surface area contributed by atoms with E-state index in [1.807, 2.05) is 18.2 Å². The lowest BCUT2D eigenvalue weighted by Gasteiger charge is -2.15. The van der Waals surface area contributed by atoms with Gasteiger partial charge in [-0.05, 0) is 17.7 Å². The van der Waals surface area contributed by atoms with Crippen molar-refractivity contribution in [2.24, 2.45) is 0 Å². The van der Waals surface area contributed by atoms with Crippen LogP contribution in [0.3, 0.4) is 0 Å². The zero-order valence-electron chi connectivity index (χ0n) is 8.40. The number of carbonyl (C=O) groups excluding carboxylic acids is 1. The Hall–Kier alpha value is -1.53. The predicted molar refractivity (Wildman–Crippen MR) is 58.2 cm³/mol. The van der Waals surface area contributed by atoms with E-state index in [9.17, 15) is 4.79 Å². The first-order valence-electron chi connectivity index (χ1n) is 4.49. The van der Waals surface area contributed by atoms with Crippen LogP contribution < -0.4 is 0 Å². The second-order valence-electron chi connectivity index (χ2n) is 3.21. The van der Waals surface area contributed by atoms with E-state index in [1.165, 1.54) is 4.90 Å². The first-order chi connectivity index (χ1) is 7.13. The van der Waals surface area contributed by atoms with Gasteiger partial charge in [0.05, 0.1) is 6.07 Å². The fourth-order valence-corrected chi connectivity index (χ4v) is 1.41. The average molecular weight is 223 g/mol. The lowest BCUT2D eigenvalue weighted by atomic mass is 10.2. The van der Waals surface area contributed by atoms with Crippen LogP contribution in [0.4, 0.5) is 0 Å². The maximum atomic E-state index is 11.3. The smallest absolute Gasteiger partial charge is 0.236 e. The summed E-state index contributed by atoms with van der Waals surface area (Å²) in [5, 5.41) is 9.02. The van der Waals surface area contributed by atoms with Gasteiger partial charge in [-0.3, -0.25) is 4.79 Å². The van der Waals surface area contributed by atoms with Crippen LogP contribution in [0.5, 0.6) is 0 Å². The largest absolute Gasteiger partial charge is 0.341 e. The second kappa shape index (κ2) is 5.38. The molecule has 0 saturated heterocycles. The molecule has 0 heterocycles. The van der Waals surface area contributed by atoms with Gasteiger partial charge in [0.25, 0.3) is 0 Å². The highest BCUT2D eigenvalue weighted by atomic mass is 35.5. The molecule has 1 amide bonds. The van der Waals surface area contributed by atoms with E-state index in [0.717, 1.165) is 5.56 Å². The summed E-state index contributed by atoms with van der Waals surface area (Å²) in [7, 11) is 1.67. The van der Waals surface area contributed by atoms with Crippen LogP contribution in [0.15, 0.2) is 24.3 Å². The molecule has 1 aromatic carbocycles. The van der Waals surface area contributed by atoms with Crippen LogP contribution in [0, 0.1) is 11.3 Å². The Morgan fingerprint density at radius 3 is 2.93 bits per heavy atom. The third-order valence-corrected chi connectivity index (χ3v) is 2.20. The monoisotopic (exact) mass is 222 g/mol. The van der Waals surface area contributed by atoms with Gasteiger partial charge in [0.2, 0.25) is 5.91 Å². The molecule has 3 nitrogen and oxygen atoms in total. The number of rotatable bonds is 3. The Balaban J connectivity index is 2.63. The molecule has 0 aliphatic carbocycles. The zero-order chi connectivity index (χ0) is 11.3. The molecule has 1 rings (SSSR count). The van der Waals surface area contributed by atoms with Crippen LogP contribution in [-0.4, -0.2) is 17.9 Å². The summed E-state index contributed by atoms with van der Waals surface area (Å²) in [6.07, 6.45) is -0.0862. The predicted octanol–water partition coefficient (Wildman–Crippen LogP) is 2.21. The molecule has 78 valence electrons. The SMILES string of the molecule is CN(Cc1cccc(Cl)c1)C(=O)CC#N. The number of halogens is 1. The van der Waals surface area contributed by atoms with Crippen molar-refractivity contribution in [2.45, 2.75) is 13.0 Å². The summed E-state index contributed by atoms with van der Waals surface area (Å²) < 4.78 is 0. The van der Waals surface area contributed by atoms with Crippen molar-refractivity contribution in [3.05, 3.63) is 34.9 Å². The number of hydrogen-bond acceptors (Lipinski definition) is 2. The molecule has 0 atom stereocenters. The standard InChI is InChI=1S/C11H11ClN2O/c1-14(11(15)5-6-13)8-9-3-2-4-10(12)7-9/h2-4,7H,5,8H2,1H3. The van der Waals surface area contributed by atoms with Crippen molar-refractivity contribution in [1.82, 2.24) is 4.90 Å². The van der Waals surface area contributed by atoms with E-state index >= 15 is 0 Å². The Morgan fingerprint density at radius 1 is 1.60 bits per heavy atom. The van der Waals surface area contributed by atoms with E-state index in [1.54, 1.807) is 19.2 Å². The van der Waals surface area contributed by atoms with Crippen LogP contribution in [0.2, 0.25) is 5.02 Å². The summed E-state index contributed by atoms with van der Waals surface area (Å²) in [6, 6.07) is 9.14. The molecule has 0 unspecified atom stereocenters. The first-order valence-corrected chi connectivity index (χ1v) is 4.86. The number of benzene rings is 1. The van der Waals surface area contributed by atoms with Crippen molar-refractivity contribution in [3.63, 3.8) is 0 Å². The van der Waals surface area contributed by atoms with Crippen LogP contribution in [0.1, 0.15) is 12.0 Å². The number of nitrogens with zero attached hydrogens (tertiary/aromatic N) is 2. The van der Waals surface area contributed by atoms with Gasteiger partial charge in [-0.15, -0.1) is 0 Å². The Morgan fingerprint density at radius 2 is 2.33 bits per heavy atom. The molecule has 0 fully saturated rings. The molecule has 0 aromatic heterocycles. The van der Waals surface area contributed by atoms with Crippen LogP contribution in [0.25, 0.3) is 0 Å². The molecule has 0 aliphatic heterocycles. The highest BCUT2D eigenvalue weighted by molar-refractivity contribution is 6.30. The molecule has 15 heavy (non-hydrogen) atoms. The zero-order valence-corrected chi connectivity index (χ0v) is 9.16. The number of amides is 1. The minimum atomic E-state index is -0.183. The second-order valence-corrected chi connectivity index (χ2v) is 3.65. The van der Waals surface area contributed by atoms with Gasteiger partial charge in [-0.1, -0.05) is 23.7 Å². The van der Waals surface area contributed by atoms with Gasteiger partial charge in [0, 0.05) is 18.6 Å². The molecule has 0 aliphatic rings. The fraction of sp³-hybridized carbons (Fsp3) is 0.273. The maximum absolute atomic E-state index is 11.3. The molecular formula is C11H11ClN2O. The van der Waals surface area contributed by atoms with Crippen molar-refractivity contribution in [3.8, 4) is 6.07 Å². The van der Waals surface area contributed by atoms with Crippen LogP contribution >= 0.6 is 11.6 Å². The fourth-order valence-electron chi connectivity index (χ4n) is 1.20. The molecule has 1 aromatic rings. The molecule has 4 heteroatoms. The van der Waals surface area contributed by atoms with Gasteiger partial charge >= 0.3 is 0 Å². The quantitative estimate of drug-likeness (QED) is 0.787. The van der Waals surface area contributed by atoms with Crippen molar-refractivity contribution < 1.29 is 4.79 Å². The van der Waals surface area contributed by atoms with Gasteiger partial charge in [0.1, 0.15) is 6.42 Å². The van der Waals surface area contributed by atoms with Gasteiger partial charge in [0.15, 0.2) is 0 Å². The van der Waals surface area contributed by atoms with Gasteiger partial charge < -0.3 is 4.90 Å². The van der Waals surface area contributed by atoms with E-state index in [0.29, 0.717) is 11.6 Å². The van der Waals surface area contributed by atoms with Crippen LogP contribution in [-0.2, 0) is 11.3 Å². The maximum Gasteiger partial charge on any atom is 0.236 e. The third kappa shape index (κ3) is 3.61. The average Bonchev–Trinajstić information content (AvgIpc) is 2.18. The summed E-state index contributed by atoms with van der Waals surface area (Å²) in [6.45, 7) is 0.473. The topological polar surface area (TPSA) is 44.1 Å². The highest BCUT2D eigenvalue weighted by Gasteiger charge is 2.08. The van der Waals surface area contributed by atoms with E-state index in [-0.39, 0.29) is 12.3 Å². The Bertz CT molecular complexity index is 398. The highest BCUT2D eigenvalue weighted by Crippen LogP contribution is 2.12. The summed E-state index contributed by atoms with van der Waals surface area (Å²) in [5.41, 5.74) is 0.955.